The van der Waals surface area contributed by atoms with Gasteiger partial charge in [0.25, 0.3) is 0 Å². The number of hydrogen-bond acceptors (Lipinski definition) is 1. The topological polar surface area (TPSA) is 17.1 Å². The number of halogens is 3. The molecule has 0 aromatic heterocycles. The lowest BCUT2D eigenvalue weighted by molar-refractivity contribution is 0.103. The van der Waals surface area contributed by atoms with Crippen molar-refractivity contribution in [2.75, 3.05) is 0 Å². The highest BCUT2D eigenvalue weighted by atomic mass is 35.5. The quantitative estimate of drug-likeness (QED) is 0.670. The minimum absolute atomic E-state index is 0.222. The highest BCUT2D eigenvalue weighted by Gasteiger charge is 2.17. The summed E-state index contributed by atoms with van der Waals surface area (Å²) in [7, 11) is 0. The van der Waals surface area contributed by atoms with Gasteiger partial charge in [0.05, 0.1) is 10.0 Å². The molecular weight excluding hydrogens is 303 g/mol. The molecule has 2 aromatic carbocycles. The fraction of sp³-hybridized carbons (Fsp3) is 0.133. The molecule has 0 fully saturated rings. The Labute approximate surface area is 127 Å². The predicted molar refractivity (Wildman–Crippen MR) is 80.8 cm³/mol. The fourth-order valence-electron chi connectivity index (χ4n) is 1.77. The molecule has 1 nitrogen and oxygen atoms in total. The Kier molecular flexibility index (Phi) is 4.19. The molecule has 2 rings (SSSR count). The summed E-state index contributed by atoms with van der Waals surface area (Å²) in [6.07, 6.45) is 0. The zero-order chi connectivity index (χ0) is 14.2. The highest BCUT2D eigenvalue weighted by molar-refractivity contribution is 6.39. The zero-order valence-corrected chi connectivity index (χ0v) is 12.7. The van der Waals surface area contributed by atoms with Crippen molar-refractivity contribution in [1.82, 2.24) is 0 Å². The molecular formula is C15H11Cl3O. The van der Waals surface area contributed by atoms with Crippen molar-refractivity contribution in [3.63, 3.8) is 0 Å². The van der Waals surface area contributed by atoms with E-state index in [1.807, 2.05) is 13.8 Å². The number of rotatable bonds is 2. The van der Waals surface area contributed by atoms with Crippen LogP contribution in [0.25, 0.3) is 0 Å². The Morgan fingerprint density at radius 1 is 0.842 bits per heavy atom. The van der Waals surface area contributed by atoms with Crippen molar-refractivity contribution in [2.24, 2.45) is 0 Å². The molecule has 4 heteroatoms. The molecule has 0 radical (unpaired) electrons. The van der Waals surface area contributed by atoms with E-state index in [9.17, 15) is 4.79 Å². The van der Waals surface area contributed by atoms with Gasteiger partial charge < -0.3 is 0 Å². The smallest absolute Gasteiger partial charge is 0.196 e. The lowest BCUT2D eigenvalue weighted by atomic mass is 9.99. The summed E-state index contributed by atoms with van der Waals surface area (Å²) in [6.45, 7) is 3.88. The van der Waals surface area contributed by atoms with Crippen molar-refractivity contribution in [3.05, 3.63) is 67.7 Å². The molecule has 0 bridgehead atoms. The van der Waals surface area contributed by atoms with Crippen molar-refractivity contribution in [1.29, 1.82) is 0 Å². The average Bonchev–Trinajstić information content (AvgIpc) is 2.36. The van der Waals surface area contributed by atoms with Crippen LogP contribution >= 0.6 is 34.8 Å². The first-order valence-electron chi connectivity index (χ1n) is 5.66. The minimum atomic E-state index is -0.222. The predicted octanol–water partition coefficient (Wildman–Crippen LogP) is 5.49. The molecule has 0 saturated heterocycles. The summed E-state index contributed by atoms with van der Waals surface area (Å²) in [5.41, 5.74) is 2.85. The van der Waals surface area contributed by atoms with Crippen molar-refractivity contribution >= 4 is 40.6 Å². The molecule has 0 aliphatic rings. The molecule has 0 saturated carbocycles. The van der Waals surface area contributed by atoms with E-state index in [4.69, 9.17) is 34.8 Å². The normalized spacial score (nSPS) is 10.6. The van der Waals surface area contributed by atoms with Crippen LogP contribution in [-0.4, -0.2) is 5.78 Å². The number of benzene rings is 2. The van der Waals surface area contributed by atoms with Crippen LogP contribution in [0.3, 0.4) is 0 Å². The van der Waals surface area contributed by atoms with Crippen molar-refractivity contribution in [2.45, 2.75) is 13.8 Å². The standard InChI is InChI=1S/C15H11Cl3O/c1-8-5-11(14(18)6-9(8)2)15(19)12-7-10(16)3-4-13(12)17/h3-7H,1-2H3. The molecule has 0 N–H and O–H groups in total. The van der Waals surface area contributed by atoms with E-state index in [0.717, 1.165) is 11.1 Å². The van der Waals surface area contributed by atoms with E-state index in [1.54, 1.807) is 30.3 Å². The maximum atomic E-state index is 12.5. The highest BCUT2D eigenvalue weighted by Crippen LogP contribution is 2.28. The summed E-state index contributed by atoms with van der Waals surface area (Å²) < 4.78 is 0. The summed E-state index contributed by atoms with van der Waals surface area (Å²) >= 11 is 18.1. The maximum absolute atomic E-state index is 12.5. The van der Waals surface area contributed by atoms with E-state index in [0.29, 0.717) is 26.2 Å². The van der Waals surface area contributed by atoms with Crippen molar-refractivity contribution in [3.8, 4) is 0 Å². The summed E-state index contributed by atoms with van der Waals surface area (Å²) in [4.78, 5) is 12.5. The van der Waals surface area contributed by atoms with E-state index < -0.39 is 0 Å². The van der Waals surface area contributed by atoms with Crippen LogP contribution in [0.4, 0.5) is 0 Å². The lowest BCUT2D eigenvalue weighted by Gasteiger charge is -2.09. The summed E-state index contributed by atoms with van der Waals surface area (Å²) in [5.74, 6) is -0.222. The van der Waals surface area contributed by atoms with Gasteiger partial charge in [-0.05, 0) is 55.3 Å². The summed E-state index contributed by atoms with van der Waals surface area (Å²) in [5, 5.41) is 1.25. The molecule has 0 atom stereocenters. The van der Waals surface area contributed by atoms with Crippen LogP contribution in [-0.2, 0) is 0 Å². The monoisotopic (exact) mass is 312 g/mol. The van der Waals surface area contributed by atoms with Gasteiger partial charge in [-0.1, -0.05) is 34.8 Å². The number of hydrogen-bond donors (Lipinski definition) is 0. The van der Waals surface area contributed by atoms with Crippen LogP contribution in [0.15, 0.2) is 30.3 Å². The van der Waals surface area contributed by atoms with Gasteiger partial charge in [-0.2, -0.15) is 0 Å². The van der Waals surface area contributed by atoms with E-state index in [-0.39, 0.29) is 5.78 Å². The fourth-order valence-corrected chi connectivity index (χ4v) is 2.45. The van der Waals surface area contributed by atoms with Gasteiger partial charge in [-0.15, -0.1) is 0 Å². The van der Waals surface area contributed by atoms with Gasteiger partial charge in [0.1, 0.15) is 0 Å². The Bertz CT molecular complexity index is 663. The van der Waals surface area contributed by atoms with E-state index >= 15 is 0 Å². The Hall–Kier alpha value is -1.02. The van der Waals surface area contributed by atoms with Crippen molar-refractivity contribution < 1.29 is 4.79 Å². The Balaban J connectivity index is 2.56. The summed E-state index contributed by atoms with van der Waals surface area (Å²) in [6, 6.07) is 8.35. The van der Waals surface area contributed by atoms with Gasteiger partial charge in [-0.25, -0.2) is 0 Å². The largest absolute Gasteiger partial charge is 0.288 e. The van der Waals surface area contributed by atoms with Crippen LogP contribution in [0, 0.1) is 13.8 Å². The second-order valence-electron chi connectivity index (χ2n) is 4.37. The molecule has 0 aliphatic heterocycles. The molecule has 2 aromatic rings. The number of ketones is 1. The molecule has 0 unspecified atom stereocenters. The van der Waals surface area contributed by atoms with Crippen LogP contribution in [0.5, 0.6) is 0 Å². The Morgan fingerprint density at radius 3 is 2.11 bits per heavy atom. The third-order valence-electron chi connectivity index (χ3n) is 3.00. The number of carbonyl (C=O) groups excluding carboxylic acids is 1. The molecule has 0 amide bonds. The van der Waals surface area contributed by atoms with Gasteiger partial charge in [0.2, 0.25) is 0 Å². The maximum Gasteiger partial charge on any atom is 0.196 e. The number of carbonyl (C=O) groups is 1. The minimum Gasteiger partial charge on any atom is -0.288 e. The third-order valence-corrected chi connectivity index (χ3v) is 3.88. The van der Waals surface area contributed by atoms with Crippen LogP contribution < -0.4 is 0 Å². The lowest BCUT2D eigenvalue weighted by Crippen LogP contribution is -2.04. The van der Waals surface area contributed by atoms with Gasteiger partial charge in [0, 0.05) is 16.1 Å². The first-order valence-corrected chi connectivity index (χ1v) is 6.80. The molecule has 98 valence electrons. The molecule has 0 spiro atoms. The Morgan fingerprint density at radius 2 is 1.42 bits per heavy atom. The zero-order valence-electron chi connectivity index (χ0n) is 10.4. The van der Waals surface area contributed by atoms with Gasteiger partial charge in [-0.3, -0.25) is 4.79 Å². The molecule has 0 aliphatic carbocycles. The molecule has 0 heterocycles. The van der Waals surface area contributed by atoms with Gasteiger partial charge in [0.15, 0.2) is 5.78 Å². The van der Waals surface area contributed by atoms with Crippen LogP contribution in [0.2, 0.25) is 15.1 Å². The van der Waals surface area contributed by atoms with Crippen LogP contribution in [0.1, 0.15) is 27.0 Å². The third kappa shape index (κ3) is 2.94. The van der Waals surface area contributed by atoms with Gasteiger partial charge >= 0.3 is 0 Å². The number of aryl methyl sites for hydroxylation is 2. The second kappa shape index (κ2) is 5.54. The van der Waals surface area contributed by atoms with E-state index in [1.165, 1.54) is 0 Å². The first-order chi connectivity index (χ1) is 8.90. The average molecular weight is 314 g/mol. The van der Waals surface area contributed by atoms with E-state index in [2.05, 4.69) is 0 Å². The second-order valence-corrected chi connectivity index (χ2v) is 5.62. The molecule has 19 heavy (non-hydrogen) atoms. The SMILES string of the molecule is Cc1cc(Cl)c(C(=O)c2cc(Cl)ccc2Cl)cc1C. The first kappa shape index (κ1) is 14.4.